The number of ether oxygens (including phenoxy) is 1. The predicted octanol–water partition coefficient (Wildman–Crippen LogP) is 0.562. The third-order valence-electron chi connectivity index (χ3n) is 2.03. The van der Waals surface area contributed by atoms with Crippen LogP contribution in [0.2, 0.25) is 0 Å². The molecule has 0 amide bonds. The Kier molecular flexibility index (Phi) is 2.24. The number of nitrogens with two attached hydrogens (primary N) is 1. The molecule has 6 nitrogen and oxygen atoms in total. The predicted molar refractivity (Wildman–Crippen MR) is 54.9 cm³/mol. The summed E-state index contributed by atoms with van der Waals surface area (Å²) in [6, 6.07) is 1.78. The normalized spacial score (nSPS) is 10.3. The summed E-state index contributed by atoms with van der Waals surface area (Å²) in [4.78, 5) is 8.29. The van der Waals surface area contributed by atoms with E-state index in [1.165, 1.54) is 4.68 Å². The maximum Gasteiger partial charge on any atom is 0.255 e. The van der Waals surface area contributed by atoms with Gasteiger partial charge in [-0.2, -0.15) is 15.1 Å². The van der Waals surface area contributed by atoms with Crippen LogP contribution in [0.5, 0.6) is 5.88 Å². The molecule has 0 aliphatic rings. The lowest BCUT2D eigenvalue weighted by Gasteiger charge is -2.07. The van der Waals surface area contributed by atoms with Gasteiger partial charge in [0, 0.05) is 12.4 Å². The van der Waals surface area contributed by atoms with Gasteiger partial charge in [0.1, 0.15) is 5.82 Å². The van der Waals surface area contributed by atoms with Crippen molar-refractivity contribution in [2.75, 3.05) is 12.8 Å². The van der Waals surface area contributed by atoms with Crippen LogP contribution in [-0.4, -0.2) is 26.9 Å². The van der Waals surface area contributed by atoms with Crippen LogP contribution in [0, 0.1) is 6.92 Å². The quantitative estimate of drug-likeness (QED) is 0.775. The molecule has 0 saturated carbocycles. The maximum atomic E-state index is 5.73. The summed E-state index contributed by atoms with van der Waals surface area (Å²) < 4.78 is 6.62. The van der Waals surface area contributed by atoms with Crippen molar-refractivity contribution in [2.24, 2.45) is 0 Å². The van der Waals surface area contributed by atoms with Crippen molar-refractivity contribution < 1.29 is 4.74 Å². The highest BCUT2D eigenvalue weighted by molar-refractivity contribution is 5.46. The summed E-state index contributed by atoms with van der Waals surface area (Å²) in [5.41, 5.74) is 6.46. The fourth-order valence-electron chi connectivity index (χ4n) is 1.19. The second-order valence-electron chi connectivity index (χ2n) is 2.99. The Morgan fingerprint density at radius 2 is 2.20 bits per heavy atom. The molecule has 0 radical (unpaired) electrons. The molecule has 15 heavy (non-hydrogen) atoms. The molecule has 0 bridgehead atoms. The lowest BCUT2D eigenvalue weighted by atomic mass is 10.3. The fourth-order valence-corrected chi connectivity index (χ4v) is 1.19. The Balaban J connectivity index is 2.55. The summed E-state index contributed by atoms with van der Waals surface area (Å²) in [5, 5.41) is 4.01. The van der Waals surface area contributed by atoms with Crippen LogP contribution in [0.15, 0.2) is 18.5 Å². The molecule has 0 spiro atoms. The highest BCUT2D eigenvalue weighted by Gasteiger charge is 2.09. The van der Waals surface area contributed by atoms with E-state index in [-0.39, 0.29) is 0 Å². The molecule has 0 aliphatic heterocycles. The summed E-state index contributed by atoms with van der Waals surface area (Å²) in [7, 11) is 1.54. The van der Waals surface area contributed by atoms with Gasteiger partial charge >= 0.3 is 0 Å². The Labute approximate surface area is 86.7 Å². The number of hydrogen-bond acceptors (Lipinski definition) is 5. The van der Waals surface area contributed by atoms with Crippen molar-refractivity contribution in [1.29, 1.82) is 0 Å². The summed E-state index contributed by atoms with van der Waals surface area (Å²) >= 11 is 0. The molecular weight excluding hydrogens is 194 g/mol. The van der Waals surface area contributed by atoms with E-state index in [1.54, 1.807) is 32.5 Å². The van der Waals surface area contributed by atoms with Crippen molar-refractivity contribution in [3.05, 3.63) is 24.0 Å². The molecule has 2 N–H and O–H groups in total. The fraction of sp³-hybridized carbons (Fsp3) is 0.222. The van der Waals surface area contributed by atoms with E-state index in [2.05, 4.69) is 15.1 Å². The first kappa shape index (κ1) is 9.45. The first-order chi connectivity index (χ1) is 7.22. The Morgan fingerprint density at radius 1 is 1.40 bits per heavy atom. The smallest absolute Gasteiger partial charge is 0.255 e. The standard InChI is InChI=1S/C9H11N5O/c1-6-7(10)12-9(13-8(6)15-2)14-5-3-4-11-14/h3-5H,1-2H3,(H2,10,12,13). The first-order valence-corrected chi connectivity index (χ1v) is 4.40. The van der Waals surface area contributed by atoms with Crippen LogP contribution in [0.3, 0.4) is 0 Å². The van der Waals surface area contributed by atoms with Gasteiger partial charge in [-0.05, 0) is 13.0 Å². The van der Waals surface area contributed by atoms with Gasteiger partial charge in [0.05, 0.1) is 12.7 Å². The van der Waals surface area contributed by atoms with Crippen LogP contribution < -0.4 is 10.5 Å². The number of aromatic nitrogens is 4. The highest BCUT2D eigenvalue weighted by atomic mass is 16.5. The minimum Gasteiger partial charge on any atom is -0.481 e. The van der Waals surface area contributed by atoms with E-state index in [9.17, 15) is 0 Å². The molecule has 2 heterocycles. The molecule has 0 atom stereocenters. The molecule has 2 aromatic rings. The third-order valence-corrected chi connectivity index (χ3v) is 2.03. The molecule has 0 aliphatic carbocycles. The van der Waals surface area contributed by atoms with E-state index >= 15 is 0 Å². The largest absolute Gasteiger partial charge is 0.481 e. The number of nitrogens with zero attached hydrogens (tertiary/aromatic N) is 4. The SMILES string of the molecule is COc1nc(-n2cccn2)nc(N)c1C. The zero-order chi connectivity index (χ0) is 10.8. The van der Waals surface area contributed by atoms with Gasteiger partial charge in [-0.1, -0.05) is 0 Å². The number of rotatable bonds is 2. The highest BCUT2D eigenvalue weighted by Crippen LogP contribution is 2.19. The van der Waals surface area contributed by atoms with E-state index in [0.29, 0.717) is 17.6 Å². The van der Waals surface area contributed by atoms with Crippen LogP contribution >= 0.6 is 0 Å². The molecule has 0 saturated heterocycles. The van der Waals surface area contributed by atoms with Crippen LogP contribution in [0.4, 0.5) is 5.82 Å². The summed E-state index contributed by atoms with van der Waals surface area (Å²) in [6.45, 7) is 1.81. The van der Waals surface area contributed by atoms with Crippen LogP contribution in [0.1, 0.15) is 5.56 Å². The maximum absolute atomic E-state index is 5.73. The topological polar surface area (TPSA) is 78.8 Å². The van der Waals surface area contributed by atoms with Gasteiger partial charge < -0.3 is 10.5 Å². The monoisotopic (exact) mass is 205 g/mol. The molecule has 2 rings (SSSR count). The Morgan fingerprint density at radius 3 is 2.80 bits per heavy atom. The van der Waals surface area contributed by atoms with Crippen molar-refractivity contribution >= 4 is 5.82 Å². The number of hydrogen-bond donors (Lipinski definition) is 1. The van der Waals surface area contributed by atoms with Crippen molar-refractivity contribution in [3.8, 4) is 11.8 Å². The molecule has 0 fully saturated rings. The third kappa shape index (κ3) is 1.61. The van der Waals surface area contributed by atoms with Gasteiger partial charge in [0.2, 0.25) is 5.88 Å². The lowest BCUT2D eigenvalue weighted by molar-refractivity contribution is 0.392. The van der Waals surface area contributed by atoms with E-state index in [0.717, 1.165) is 5.56 Å². The van der Waals surface area contributed by atoms with Crippen molar-refractivity contribution in [2.45, 2.75) is 6.92 Å². The van der Waals surface area contributed by atoms with E-state index in [4.69, 9.17) is 10.5 Å². The molecule has 6 heteroatoms. The van der Waals surface area contributed by atoms with E-state index in [1.807, 2.05) is 0 Å². The first-order valence-electron chi connectivity index (χ1n) is 4.40. The molecule has 0 unspecified atom stereocenters. The molecular formula is C9H11N5O. The Hall–Kier alpha value is -2.11. The van der Waals surface area contributed by atoms with Gasteiger partial charge in [-0.15, -0.1) is 0 Å². The second kappa shape index (κ2) is 3.56. The van der Waals surface area contributed by atoms with E-state index < -0.39 is 0 Å². The van der Waals surface area contributed by atoms with Gasteiger partial charge in [0.25, 0.3) is 5.95 Å². The Bertz CT molecular complexity index is 466. The molecule has 0 aromatic carbocycles. The second-order valence-corrected chi connectivity index (χ2v) is 2.99. The number of anilines is 1. The van der Waals surface area contributed by atoms with Crippen LogP contribution in [0.25, 0.3) is 5.95 Å². The molecule has 78 valence electrons. The summed E-state index contributed by atoms with van der Waals surface area (Å²) in [5.74, 6) is 1.26. The minimum absolute atomic E-state index is 0.396. The zero-order valence-electron chi connectivity index (χ0n) is 8.51. The number of nitrogen functional groups attached to an aromatic ring is 1. The minimum atomic E-state index is 0.396. The average Bonchev–Trinajstić information content (AvgIpc) is 2.75. The summed E-state index contributed by atoms with van der Waals surface area (Å²) in [6.07, 6.45) is 3.38. The lowest BCUT2D eigenvalue weighted by Crippen LogP contribution is -2.07. The van der Waals surface area contributed by atoms with Gasteiger partial charge in [-0.3, -0.25) is 0 Å². The van der Waals surface area contributed by atoms with Crippen molar-refractivity contribution in [1.82, 2.24) is 19.7 Å². The average molecular weight is 205 g/mol. The number of methoxy groups -OCH3 is 1. The van der Waals surface area contributed by atoms with Gasteiger partial charge in [0.15, 0.2) is 0 Å². The zero-order valence-corrected chi connectivity index (χ0v) is 8.51. The van der Waals surface area contributed by atoms with Gasteiger partial charge in [-0.25, -0.2) is 4.68 Å². The van der Waals surface area contributed by atoms with Crippen LogP contribution in [-0.2, 0) is 0 Å². The van der Waals surface area contributed by atoms with Crippen molar-refractivity contribution in [3.63, 3.8) is 0 Å². The molecule has 2 aromatic heterocycles.